The van der Waals surface area contributed by atoms with E-state index in [0.717, 1.165) is 17.0 Å². The van der Waals surface area contributed by atoms with Crippen molar-refractivity contribution >= 4 is 23.5 Å². The molecule has 2 N–H and O–H groups in total. The summed E-state index contributed by atoms with van der Waals surface area (Å²) < 4.78 is 32.0. The van der Waals surface area contributed by atoms with Crippen molar-refractivity contribution in [2.45, 2.75) is 17.7 Å². The number of aromatic nitrogens is 4. The molecule has 3 aromatic carbocycles. The first kappa shape index (κ1) is 22.0. The Bertz CT molecular complexity index is 1510. The molecule has 6 nitrogen and oxygen atoms in total. The molecule has 0 saturated heterocycles. The highest BCUT2D eigenvalue weighted by atomic mass is 32.1. The number of benzene rings is 3. The quantitative estimate of drug-likeness (QED) is 0.291. The maximum absolute atomic E-state index is 15.2. The Morgan fingerprint density at radius 3 is 2.50 bits per heavy atom. The summed E-state index contributed by atoms with van der Waals surface area (Å²) in [6, 6.07) is 15.7. The SMILES string of the molecule is Cn1ccc2cc(-n3c(S)nnc3-c3cc(C(F)Cc4ccc(F)cc4)c(O)cc3O)ccc21. The molecule has 0 aliphatic rings. The predicted octanol–water partition coefficient (Wildman–Crippen LogP) is 5.52. The number of alkyl halides is 1. The van der Waals surface area contributed by atoms with E-state index in [0.29, 0.717) is 11.3 Å². The zero-order valence-corrected chi connectivity index (χ0v) is 18.9. The molecule has 0 aliphatic heterocycles. The number of aryl methyl sites for hydroxylation is 1. The lowest BCUT2D eigenvalue weighted by Crippen LogP contribution is -2.02. The summed E-state index contributed by atoms with van der Waals surface area (Å²) in [5.74, 6) is -0.839. The summed E-state index contributed by atoms with van der Waals surface area (Å²) in [5, 5.41) is 30.4. The lowest BCUT2D eigenvalue weighted by atomic mass is 9.99. The molecular weight excluding hydrogens is 458 g/mol. The standard InChI is InChI=1S/C25H20F2N4O2S/c1-30-9-8-15-11-17(6-7-21(15)30)31-24(28-29-25(31)34)19-12-18(22(32)13-23(19)33)20(27)10-14-2-4-16(26)5-3-14/h2-9,11-13,20,32-33H,10H2,1H3,(H,29,34). The summed E-state index contributed by atoms with van der Waals surface area (Å²) in [6.45, 7) is 0. The fraction of sp³-hybridized carbons (Fsp3) is 0.120. The summed E-state index contributed by atoms with van der Waals surface area (Å²) in [6.07, 6.45) is 0.272. The number of rotatable bonds is 5. The molecule has 0 bridgehead atoms. The van der Waals surface area contributed by atoms with Gasteiger partial charge < -0.3 is 14.8 Å². The molecule has 1 atom stereocenters. The van der Waals surface area contributed by atoms with Gasteiger partial charge in [0.15, 0.2) is 11.0 Å². The van der Waals surface area contributed by atoms with E-state index in [9.17, 15) is 14.6 Å². The van der Waals surface area contributed by atoms with Crippen LogP contribution in [0.3, 0.4) is 0 Å². The molecular formula is C25H20F2N4O2S. The second kappa shape index (κ2) is 8.49. The summed E-state index contributed by atoms with van der Waals surface area (Å²) in [4.78, 5) is 0. The van der Waals surface area contributed by atoms with Gasteiger partial charge in [-0.3, -0.25) is 4.57 Å². The van der Waals surface area contributed by atoms with Crippen LogP contribution in [0.2, 0.25) is 0 Å². The molecule has 0 fully saturated rings. The van der Waals surface area contributed by atoms with Gasteiger partial charge in [0.2, 0.25) is 0 Å². The van der Waals surface area contributed by atoms with Crippen LogP contribution in [0.5, 0.6) is 11.5 Å². The molecule has 0 radical (unpaired) electrons. The fourth-order valence-corrected chi connectivity index (χ4v) is 4.31. The predicted molar refractivity (Wildman–Crippen MR) is 128 cm³/mol. The van der Waals surface area contributed by atoms with Crippen LogP contribution < -0.4 is 0 Å². The van der Waals surface area contributed by atoms with Gasteiger partial charge in [0.1, 0.15) is 23.5 Å². The number of hydrogen-bond acceptors (Lipinski definition) is 5. The van der Waals surface area contributed by atoms with Crippen LogP contribution in [-0.2, 0) is 13.5 Å². The van der Waals surface area contributed by atoms with Gasteiger partial charge in [0.05, 0.1) is 11.3 Å². The van der Waals surface area contributed by atoms with E-state index in [1.807, 2.05) is 42.1 Å². The Balaban J connectivity index is 1.57. The van der Waals surface area contributed by atoms with Gasteiger partial charge in [0.25, 0.3) is 0 Å². The van der Waals surface area contributed by atoms with Crippen molar-refractivity contribution in [3.8, 4) is 28.6 Å². The molecule has 0 spiro atoms. The van der Waals surface area contributed by atoms with Crippen molar-refractivity contribution in [3.63, 3.8) is 0 Å². The number of aromatic hydroxyl groups is 2. The lowest BCUT2D eigenvalue weighted by molar-refractivity contribution is 0.327. The van der Waals surface area contributed by atoms with Gasteiger partial charge in [-0.15, -0.1) is 22.8 Å². The monoisotopic (exact) mass is 478 g/mol. The van der Waals surface area contributed by atoms with E-state index >= 15 is 4.39 Å². The van der Waals surface area contributed by atoms with E-state index in [1.54, 1.807) is 4.57 Å². The highest BCUT2D eigenvalue weighted by Gasteiger charge is 2.23. The summed E-state index contributed by atoms with van der Waals surface area (Å²) >= 11 is 4.42. The summed E-state index contributed by atoms with van der Waals surface area (Å²) in [7, 11) is 1.95. The number of hydrogen-bond donors (Lipinski definition) is 3. The van der Waals surface area contributed by atoms with Gasteiger partial charge in [-0.25, -0.2) is 8.78 Å². The molecule has 5 rings (SSSR count). The molecule has 5 aromatic rings. The van der Waals surface area contributed by atoms with E-state index in [4.69, 9.17) is 0 Å². The zero-order chi connectivity index (χ0) is 24.0. The molecule has 2 heterocycles. The number of nitrogens with zero attached hydrogens (tertiary/aromatic N) is 4. The van der Waals surface area contributed by atoms with Gasteiger partial charge in [0, 0.05) is 42.2 Å². The van der Waals surface area contributed by atoms with Crippen molar-refractivity contribution in [1.82, 2.24) is 19.3 Å². The maximum Gasteiger partial charge on any atom is 0.193 e. The van der Waals surface area contributed by atoms with Crippen molar-refractivity contribution in [2.24, 2.45) is 7.05 Å². The molecule has 9 heteroatoms. The number of fused-ring (bicyclic) bond motifs is 1. The Kier molecular flexibility index (Phi) is 5.49. The van der Waals surface area contributed by atoms with Crippen molar-refractivity contribution in [3.05, 3.63) is 83.8 Å². The first-order valence-electron chi connectivity index (χ1n) is 10.5. The summed E-state index contributed by atoms with van der Waals surface area (Å²) in [5.41, 5.74) is 2.48. The largest absolute Gasteiger partial charge is 0.507 e. The molecule has 0 aliphatic carbocycles. The minimum Gasteiger partial charge on any atom is -0.507 e. The maximum atomic E-state index is 15.2. The topological polar surface area (TPSA) is 76.1 Å². The Morgan fingerprint density at radius 2 is 1.74 bits per heavy atom. The third kappa shape index (κ3) is 3.88. The second-order valence-electron chi connectivity index (χ2n) is 8.06. The van der Waals surface area contributed by atoms with E-state index in [2.05, 4.69) is 22.8 Å². The molecule has 1 unspecified atom stereocenters. The van der Waals surface area contributed by atoms with E-state index in [-0.39, 0.29) is 34.3 Å². The van der Waals surface area contributed by atoms with Crippen LogP contribution in [0.15, 0.2) is 72.0 Å². The minimum absolute atomic E-state index is 0.0223. The molecule has 0 saturated carbocycles. The van der Waals surface area contributed by atoms with Crippen molar-refractivity contribution in [1.29, 1.82) is 0 Å². The van der Waals surface area contributed by atoms with Gasteiger partial charge >= 0.3 is 0 Å². The second-order valence-corrected chi connectivity index (χ2v) is 8.46. The highest BCUT2D eigenvalue weighted by molar-refractivity contribution is 7.80. The first-order chi connectivity index (χ1) is 16.3. The van der Waals surface area contributed by atoms with Crippen LogP contribution in [0, 0.1) is 5.82 Å². The van der Waals surface area contributed by atoms with Gasteiger partial charge in [-0.05, 0) is 48.0 Å². The minimum atomic E-state index is -1.60. The molecule has 0 amide bonds. The fourth-order valence-electron chi connectivity index (χ4n) is 4.06. The van der Waals surface area contributed by atoms with Gasteiger partial charge in [-0.1, -0.05) is 12.1 Å². The van der Waals surface area contributed by atoms with Crippen molar-refractivity contribution < 1.29 is 19.0 Å². The van der Waals surface area contributed by atoms with Crippen LogP contribution in [0.1, 0.15) is 17.3 Å². The van der Waals surface area contributed by atoms with Crippen molar-refractivity contribution in [2.75, 3.05) is 0 Å². The average molecular weight is 479 g/mol. The van der Waals surface area contributed by atoms with Crippen LogP contribution >= 0.6 is 12.6 Å². The molecule has 172 valence electrons. The van der Waals surface area contributed by atoms with Crippen LogP contribution in [0.4, 0.5) is 8.78 Å². The highest BCUT2D eigenvalue weighted by Crippen LogP contribution is 2.40. The van der Waals surface area contributed by atoms with Crippen LogP contribution in [-0.4, -0.2) is 29.5 Å². The normalized spacial score (nSPS) is 12.4. The Labute approximate surface area is 199 Å². The van der Waals surface area contributed by atoms with E-state index < -0.39 is 17.7 Å². The smallest absolute Gasteiger partial charge is 0.193 e. The third-order valence-corrected chi connectivity index (χ3v) is 6.11. The Hall–Kier alpha value is -3.85. The zero-order valence-electron chi connectivity index (χ0n) is 18.0. The molecule has 34 heavy (non-hydrogen) atoms. The first-order valence-corrected chi connectivity index (χ1v) is 10.9. The van der Waals surface area contributed by atoms with Crippen LogP contribution in [0.25, 0.3) is 28.0 Å². The number of halogens is 2. The lowest BCUT2D eigenvalue weighted by Gasteiger charge is -2.15. The average Bonchev–Trinajstić information content (AvgIpc) is 3.37. The number of thiol groups is 1. The third-order valence-electron chi connectivity index (χ3n) is 5.82. The number of phenolic OH excluding ortho intramolecular Hbond substituents is 2. The Morgan fingerprint density at radius 1 is 0.971 bits per heavy atom. The molecule has 2 aromatic heterocycles. The number of phenols is 2. The van der Waals surface area contributed by atoms with Gasteiger partial charge in [-0.2, -0.15) is 0 Å². The van der Waals surface area contributed by atoms with E-state index in [1.165, 1.54) is 30.3 Å².